The smallest absolute Gasteiger partial charge is 0.293 e. The van der Waals surface area contributed by atoms with Crippen molar-refractivity contribution in [3.8, 4) is 0 Å². The van der Waals surface area contributed by atoms with Crippen molar-refractivity contribution < 1.29 is 0 Å². The van der Waals surface area contributed by atoms with Crippen molar-refractivity contribution in [2.45, 2.75) is 32.2 Å². The lowest BCUT2D eigenvalue weighted by molar-refractivity contribution is 0.523. The summed E-state index contributed by atoms with van der Waals surface area (Å²) < 4.78 is 5.86. The Morgan fingerprint density at radius 1 is 1.50 bits per heavy atom. The largest absolute Gasteiger partial charge is 0.356 e. The minimum atomic E-state index is -0.0488. The fourth-order valence-corrected chi connectivity index (χ4v) is 3.35. The Kier molecular flexibility index (Phi) is 4.37. The summed E-state index contributed by atoms with van der Waals surface area (Å²) in [4.78, 5) is 23.0. The van der Waals surface area contributed by atoms with E-state index < -0.39 is 0 Å². The SMILES string of the molecule is CCc1nsc(NC2CCCN(c3nccn(C)c3=O)C2)n1. The minimum Gasteiger partial charge on any atom is -0.356 e. The highest BCUT2D eigenvalue weighted by Gasteiger charge is 2.23. The lowest BCUT2D eigenvalue weighted by Gasteiger charge is -2.33. The van der Waals surface area contributed by atoms with Crippen LogP contribution < -0.4 is 15.8 Å². The maximum atomic E-state index is 12.2. The molecule has 1 atom stereocenters. The average molecular weight is 320 g/mol. The van der Waals surface area contributed by atoms with Crippen LogP contribution in [0.4, 0.5) is 10.9 Å². The molecule has 8 heteroatoms. The molecule has 1 fully saturated rings. The number of nitrogens with zero attached hydrogens (tertiary/aromatic N) is 5. The molecule has 1 saturated heterocycles. The molecule has 0 bridgehead atoms. The van der Waals surface area contributed by atoms with Crippen LogP contribution in [0.1, 0.15) is 25.6 Å². The molecular formula is C14H20N6OS. The summed E-state index contributed by atoms with van der Waals surface area (Å²) in [6.07, 6.45) is 6.28. The van der Waals surface area contributed by atoms with Gasteiger partial charge in [0.25, 0.3) is 5.56 Å². The summed E-state index contributed by atoms with van der Waals surface area (Å²) in [5.74, 6) is 1.40. The van der Waals surface area contributed by atoms with E-state index in [4.69, 9.17) is 0 Å². The number of aryl methyl sites for hydroxylation is 2. The van der Waals surface area contributed by atoms with Gasteiger partial charge < -0.3 is 14.8 Å². The van der Waals surface area contributed by atoms with E-state index in [1.807, 2.05) is 6.92 Å². The summed E-state index contributed by atoms with van der Waals surface area (Å²) in [7, 11) is 1.75. The molecule has 0 aliphatic carbocycles. The lowest BCUT2D eigenvalue weighted by atomic mass is 10.1. The van der Waals surface area contributed by atoms with Gasteiger partial charge >= 0.3 is 0 Å². The molecule has 0 saturated carbocycles. The van der Waals surface area contributed by atoms with Gasteiger partial charge in [0.05, 0.1) is 0 Å². The van der Waals surface area contributed by atoms with Crippen molar-refractivity contribution in [1.82, 2.24) is 18.9 Å². The lowest BCUT2D eigenvalue weighted by Crippen LogP contribution is -2.45. The van der Waals surface area contributed by atoms with E-state index in [-0.39, 0.29) is 11.6 Å². The summed E-state index contributed by atoms with van der Waals surface area (Å²) in [6, 6.07) is 0.262. The molecule has 0 spiro atoms. The van der Waals surface area contributed by atoms with Gasteiger partial charge in [-0.05, 0) is 12.8 Å². The Labute approximate surface area is 133 Å². The van der Waals surface area contributed by atoms with E-state index in [2.05, 4.69) is 24.6 Å². The maximum absolute atomic E-state index is 12.2. The molecule has 1 aliphatic heterocycles. The Morgan fingerprint density at radius 3 is 3.14 bits per heavy atom. The van der Waals surface area contributed by atoms with E-state index in [0.717, 1.165) is 43.3 Å². The average Bonchev–Trinajstić information content (AvgIpc) is 2.98. The molecule has 1 unspecified atom stereocenters. The van der Waals surface area contributed by atoms with E-state index >= 15 is 0 Å². The zero-order chi connectivity index (χ0) is 15.5. The van der Waals surface area contributed by atoms with Gasteiger partial charge in [0.1, 0.15) is 5.82 Å². The standard InChI is InChI=1S/C14H20N6OS/c1-3-11-17-14(22-18-11)16-10-5-4-7-20(9-10)12-13(21)19(2)8-6-15-12/h6,8,10H,3-5,7,9H2,1-2H3,(H,16,17,18). The highest BCUT2D eigenvalue weighted by Crippen LogP contribution is 2.19. The predicted molar refractivity (Wildman–Crippen MR) is 87.6 cm³/mol. The molecule has 1 N–H and O–H groups in total. The van der Waals surface area contributed by atoms with E-state index in [1.54, 1.807) is 24.0 Å². The van der Waals surface area contributed by atoms with Gasteiger partial charge in [0, 0.05) is 56.5 Å². The molecule has 0 amide bonds. The van der Waals surface area contributed by atoms with Crippen LogP contribution in [0.5, 0.6) is 0 Å². The van der Waals surface area contributed by atoms with Crippen molar-refractivity contribution in [1.29, 1.82) is 0 Å². The van der Waals surface area contributed by atoms with Gasteiger partial charge in [-0.25, -0.2) is 9.97 Å². The summed E-state index contributed by atoms with van der Waals surface area (Å²) in [6.45, 7) is 3.67. The normalized spacial score (nSPS) is 18.5. The van der Waals surface area contributed by atoms with Crippen LogP contribution >= 0.6 is 11.5 Å². The Morgan fingerprint density at radius 2 is 2.36 bits per heavy atom. The van der Waals surface area contributed by atoms with E-state index in [9.17, 15) is 4.79 Å². The topological polar surface area (TPSA) is 75.9 Å². The van der Waals surface area contributed by atoms with Gasteiger partial charge in [0.15, 0.2) is 5.82 Å². The highest BCUT2D eigenvalue weighted by molar-refractivity contribution is 7.09. The van der Waals surface area contributed by atoms with Gasteiger partial charge in [0.2, 0.25) is 5.13 Å². The zero-order valence-corrected chi connectivity index (χ0v) is 13.6. The first-order valence-electron chi connectivity index (χ1n) is 7.53. The van der Waals surface area contributed by atoms with Gasteiger partial charge in [-0.3, -0.25) is 4.79 Å². The molecule has 2 aromatic heterocycles. The van der Waals surface area contributed by atoms with Crippen LogP contribution in [-0.2, 0) is 13.5 Å². The second kappa shape index (κ2) is 6.43. The molecule has 0 aromatic carbocycles. The van der Waals surface area contributed by atoms with Crippen LogP contribution in [0.3, 0.4) is 0 Å². The van der Waals surface area contributed by atoms with Crippen molar-refractivity contribution in [2.24, 2.45) is 7.05 Å². The Balaban J connectivity index is 1.71. The van der Waals surface area contributed by atoms with Gasteiger partial charge in [-0.1, -0.05) is 6.92 Å². The fourth-order valence-electron chi connectivity index (χ4n) is 2.62. The summed E-state index contributed by atoms with van der Waals surface area (Å²) >= 11 is 1.40. The number of piperidine rings is 1. The van der Waals surface area contributed by atoms with Crippen LogP contribution in [0.2, 0.25) is 0 Å². The summed E-state index contributed by atoms with van der Waals surface area (Å²) in [5, 5.41) is 4.29. The first kappa shape index (κ1) is 15.0. The number of hydrogen-bond donors (Lipinski definition) is 1. The third kappa shape index (κ3) is 3.11. The van der Waals surface area contributed by atoms with Gasteiger partial charge in [-0.15, -0.1) is 0 Å². The van der Waals surface area contributed by atoms with Crippen molar-refractivity contribution in [2.75, 3.05) is 23.3 Å². The molecule has 22 heavy (non-hydrogen) atoms. The second-order valence-electron chi connectivity index (χ2n) is 5.47. The number of aromatic nitrogens is 4. The van der Waals surface area contributed by atoms with Crippen molar-refractivity contribution in [3.63, 3.8) is 0 Å². The first-order valence-corrected chi connectivity index (χ1v) is 8.30. The highest BCUT2D eigenvalue weighted by atomic mass is 32.1. The third-order valence-electron chi connectivity index (χ3n) is 3.83. The predicted octanol–water partition coefficient (Wildman–Crippen LogP) is 1.28. The van der Waals surface area contributed by atoms with Crippen LogP contribution in [0, 0.1) is 0 Å². The maximum Gasteiger partial charge on any atom is 0.293 e. The molecule has 3 heterocycles. The Hall–Kier alpha value is -1.96. The molecule has 3 rings (SSSR count). The minimum absolute atomic E-state index is 0.0488. The number of rotatable bonds is 4. The Bertz CT molecular complexity index is 697. The number of nitrogens with one attached hydrogen (secondary N) is 1. The van der Waals surface area contributed by atoms with Crippen LogP contribution in [0.15, 0.2) is 17.2 Å². The van der Waals surface area contributed by atoms with E-state index in [0.29, 0.717) is 5.82 Å². The fraction of sp³-hybridized carbons (Fsp3) is 0.571. The molecular weight excluding hydrogens is 300 g/mol. The molecule has 0 radical (unpaired) electrons. The van der Waals surface area contributed by atoms with Crippen LogP contribution in [-0.4, -0.2) is 38.0 Å². The quantitative estimate of drug-likeness (QED) is 0.914. The molecule has 2 aromatic rings. The second-order valence-corrected chi connectivity index (χ2v) is 6.22. The van der Waals surface area contributed by atoms with Crippen molar-refractivity contribution >= 4 is 22.5 Å². The number of hydrogen-bond acceptors (Lipinski definition) is 7. The molecule has 118 valence electrons. The van der Waals surface area contributed by atoms with Crippen molar-refractivity contribution in [3.05, 3.63) is 28.6 Å². The van der Waals surface area contributed by atoms with E-state index in [1.165, 1.54) is 11.5 Å². The monoisotopic (exact) mass is 320 g/mol. The molecule has 7 nitrogen and oxygen atoms in total. The van der Waals surface area contributed by atoms with Crippen LogP contribution in [0.25, 0.3) is 0 Å². The summed E-state index contributed by atoms with van der Waals surface area (Å²) in [5.41, 5.74) is -0.0488. The van der Waals surface area contributed by atoms with Gasteiger partial charge in [-0.2, -0.15) is 4.37 Å². The first-order chi connectivity index (χ1) is 10.7. The zero-order valence-electron chi connectivity index (χ0n) is 12.8. The number of anilines is 2. The third-order valence-corrected chi connectivity index (χ3v) is 4.52. The molecule has 1 aliphatic rings.